The van der Waals surface area contributed by atoms with E-state index in [9.17, 15) is 14.4 Å². The first-order valence-electron chi connectivity index (χ1n) is 13.9. The van der Waals surface area contributed by atoms with E-state index >= 15 is 0 Å². The number of likely N-dealkylation sites (N-methyl/N-ethyl adjacent to an activating group) is 2. The Morgan fingerprint density at radius 1 is 0.956 bits per heavy atom. The Morgan fingerprint density at radius 2 is 1.58 bits per heavy atom. The Morgan fingerprint density at radius 3 is 2.18 bits per heavy atom. The molecule has 0 saturated carbocycles. The van der Waals surface area contributed by atoms with Crippen molar-refractivity contribution in [1.82, 2.24) is 9.80 Å². The van der Waals surface area contributed by atoms with Gasteiger partial charge in [-0.1, -0.05) is 36.4 Å². The standard InChI is InChI=1S/C31H33N5O4.H2O4S/c1-34-15-17-36(18-16-34)20-27(37)35(2)24-12-10-23(11-13-24)32-29(21-7-5-4-6-8-21)28-25-14-9-22(31(39)40-3)19-26(25)33-30(28)38;1-5(2,3)4/h4-14,19,32H,15-18,20H2,1-3H3,(H,33,38);(H2,1,2,3,4). The first-order chi connectivity index (χ1) is 21.3. The summed E-state index contributed by atoms with van der Waals surface area (Å²) in [5.41, 5.74) is 5.10. The lowest BCUT2D eigenvalue weighted by molar-refractivity contribution is -0.119. The third-order valence-electron chi connectivity index (χ3n) is 7.35. The van der Waals surface area contributed by atoms with E-state index in [4.69, 9.17) is 22.3 Å². The minimum absolute atomic E-state index is 0.0444. The van der Waals surface area contributed by atoms with Crippen LogP contribution in [0.2, 0.25) is 0 Å². The molecule has 2 aliphatic heterocycles. The number of nitrogens with one attached hydrogen (secondary N) is 2. The molecule has 1 fully saturated rings. The van der Waals surface area contributed by atoms with Crippen molar-refractivity contribution in [3.05, 3.63) is 89.5 Å². The van der Waals surface area contributed by atoms with E-state index in [0.29, 0.717) is 34.6 Å². The van der Waals surface area contributed by atoms with Gasteiger partial charge in [-0.05, 0) is 49.0 Å². The van der Waals surface area contributed by atoms with Crippen molar-refractivity contribution in [3.8, 4) is 0 Å². The number of carbonyl (C=O) groups excluding carboxylic acids is 3. The van der Waals surface area contributed by atoms with Crippen molar-refractivity contribution in [1.29, 1.82) is 0 Å². The summed E-state index contributed by atoms with van der Waals surface area (Å²) in [5.74, 6) is -0.694. The van der Waals surface area contributed by atoms with Gasteiger partial charge in [0, 0.05) is 50.2 Å². The van der Waals surface area contributed by atoms with Gasteiger partial charge >= 0.3 is 16.4 Å². The Hall–Kier alpha value is -4.60. The summed E-state index contributed by atoms with van der Waals surface area (Å²) >= 11 is 0. The van der Waals surface area contributed by atoms with Crippen LogP contribution in [0.1, 0.15) is 21.5 Å². The second-order valence-corrected chi connectivity index (χ2v) is 11.4. The van der Waals surface area contributed by atoms with Crippen molar-refractivity contribution in [3.63, 3.8) is 0 Å². The molecule has 0 radical (unpaired) electrons. The van der Waals surface area contributed by atoms with Crippen LogP contribution >= 0.6 is 0 Å². The largest absolute Gasteiger partial charge is 0.465 e. The van der Waals surface area contributed by atoms with E-state index in [1.165, 1.54) is 7.11 Å². The zero-order chi connectivity index (χ0) is 32.7. The predicted molar refractivity (Wildman–Crippen MR) is 171 cm³/mol. The second-order valence-electron chi connectivity index (χ2n) is 10.5. The number of anilines is 3. The van der Waals surface area contributed by atoms with Crippen molar-refractivity contribution in [2.24, 2.45) is 0 Å². The van der Waals surface area contributed by atoms with Crippen LogP contribution in [0, 0.1) is 0 Å². The Kier molecular flexibility index (Phi) is 10.7. The van der Waals surface area contributed by atoms with Gasteiger partial charge in [0.25, 0.3) is 5.91 Å². The van der Waals surface area contributed by atoms with Crippen molar-refractivity contribution in [2.75, 3.05) is 69.5 Å². The molecular formula is C31H35N5O8S. The van der Waals surface area contributed by atoms with E-state index in [-0.39, 0.29) is 11.8 Å². The van der Waals surface area contributed by atoms with Crippen LogP contribution in [0.5, 0.6) is 0 Å². The van der Waals surface area contributed by atoms with Gasteiger partial charge in [-0.15, -0.1) is 0 Å². The number of benzene rings is 3. The number of esters is 1. The Balaban J connectivity index is 0.000000854. The fourth-order valence-electron chi connectivity index (χ4n) is 4.91. The molecule has 13 nitrogen and oxygen atoms in total. The van der Waals surface area contributed by atoms with Crippen molar-refractivity contribution >= 4 is 56.5 Å². The minimum Gasteiger partial charge on any atom is -0.465 e. The maximum Gasteiger partial charge on any atom is 0.394 e. The van der Waals surface area contributed by atoms with Gasteiger partial charge < -0.3 is 25.2 Å². The van der Waals surface area contributed by atoms with E-state index in [2.05, 4.69) is 27.5 Å². The predicted octanol–water partition coefficient (Wildman–Crippen LogP) is 2.96. The molecular weight excluding hydrogens is 602 g/mol. The van der Waals surface area contributed by atoms with Crippen LogP contribution in [0.4, 0.5) is 17.1 Å². The number of hydrogen-bond donors (Lipinski definition) is 4. The molecule has 4 N–H and O–H groups in total. The Bertz CT molecular complexity index is 1680. The number of piperazine rings is 1. The van der Waals surface area contributed by atoms with Crippen molar-refractivity contribution < 1.29 is 36.6 Å². The zero-order valence-corrected chi connectivity index (χ0v) is 25.9. The van der Waals surface area contributed by atoms with Gasteiger partial charge in [0.2, 0.25) is 5.91 Å². The van der Waals surface area contributed by atoms with Crippen LogP contribution in [-0.2, 0) is 24.7 Å². The molecule has 3 aromatic carbocycles. The summed E-state index contributed by atoms with van der Waals surface area (Å²) in [6.07, 6.45) is 0. The highest BCUT2D eigenvalue weighted by atomic mass is 32.3. The van der Waals surface area contributed by atoms with Crippen LogP contribution in [-0.4, -0.2) is 99.0 Å². The molecule has 0 aromatic heterocycles. The first kappa shape index (κ1) is 33.3. The van der Waals surface area contributed by atoms with Gasteiger partial charge in [-0.3, -0.25) is 23.6 Å². The van der Waals surface area contributed by atoms with Gasteiger partial charge in [-0.25, -0.2) is 4.79 Å². The second kappa shape index (κ2) is 14.5. The number of amides is 2. The highest BCUT2D eigenvalue weighted by Gasteiger charge is 2.29. The molecule has 0 atom stereocenters. The SMILES string of the molecule is COC(=O)c1ccc2c(c1)NC(=O)C2=C(Nc1ccc(N(C)C(=O)CN2CCN(C)CC2)cc1)c1ccccc1.O=S(=O)(O)O. The third-order valence-corrected chi connectivity index (χ3v) is 7.35. The molecule has 5 rings (SSSR count). The van der Waals surface area contributed by atoms with Crippen LogP contribution in [0.3, 0.4) is 0 Å². The molecule has 45 heavy (non-hydrogen) atoms. The fourth-order valence-corrected chi connectivity index (χ4v) is 4.91. The average Bonchev–Trinajstić information content (AvgIpc) is 3.34. The number of ether oxygens (including phenoxy) is 1. The van der Waals surface area contributed by atoms with Crippen molar-refractivity contribution in [2.45, 2.75) is 0 Å². The number of fused-ring (bicyclic) bond motifs is 1. The maximum absolute atomic E-state index is 13.2. The molecule has 2 amide bonds. The molecule has 2 aliphatic rings. The van der Waals surface area contributed by atoms with Gasteiger partial charge in [0.05, 0.1) is 36.2 Å². The summed E-state index contributed by atoms with van der Waals surface area (Å²) in [6.45, 7) is 4.09. The molecule has 0 bridgehead atoms. The summed E-state index contributed by atoms with van der Waals surface area (Å²) in [5, 5.41) is 6.31. The van der Waals surface area contributed by atoms with Gasteiger partial charge in [0.15, 0.2) is 0 Å². The topological polar surface area (TPSA) is 169 Å². The van der Waals surface area contributed by atoms with Gasteiger partial charge in [-0.2, -0.15) is 8.42 Å². The van der Waals surface area contributed by atoms with E-state index in [1.807, 2.05) is 54.6 Å². The van der Waals surface area contributed by atoms with E-state index in [0.717, 1.165) is 43.1 Å². The minimum atomic E-state index is -4.67. The quantitative estimate of drug-likeness (QED) is 0.171. The highest BCUT2D eigenvalue weighted by Crippen LogP contribution is 2.38. The summed E-state index contributed by atoms with van der Waals surface area (Å²) in [7, 11) is 0.544. The maximum atomic E-state index is 13.2. The lowest BCUT2D eigenvalue weighted by atomic mass is 9.99. The molecule has 0 unspecified atom stereocenters. The van der Waals surface area contributed by atoms with E-state index in [1.54, 1.807) is 30.1 Å². The van der Waals surface area contributed by atoms with Gasteiger partial charge in [0.1, 0.15) is 0 Å². The fraction of sp³-hybridized carbons (Fsp3) is 0.258. The van der Waals surface area contributed by atoms with Crippen LogP contribution in [0.15, 0.2) is 72.8 Å². The van der Waals surface area contributed by atoms with E-state index < -0.39 is 16.4 Å². The zero-order valence-electron chi connectivity index (χ0n) is 25.1. The smallest absolute Gasteiger partial charge is 0.394 e. The van der Waals surface area contributed by atoms with Crippen LogP contribution in [0.25, 0.3) is 11.3 Å². The third kappa shape index (κ3) is 8.97. The summed E-state index contributed by atoms with van der Waals surface area (Å²) in [6, 6.07) is 22.2. The molecule has 0 spiro atoms. The normalized spacial score (nSPS) is 16.1. The highest BCUT2D eigenvalue weighted by molar-refractivity contribution is 7.79. The molecule has 2 heterocycles. The molecule has 238 valence electrons. The number of carbonyl (C=O) groups is 3. The Labute approximate surface area is 261 Å². The van der Waals surface area contributed by atoms with Crippen LogP contribution < -0.4 is 15.5 Å². The number of methoxy groups -OCH3 is 1. The molecule has 0 aliphatic carbocycles. The lowest BCUT2D eigenvalue weighted by Crippen LogP contribution is -2.48. The summed E-state index contributed by atoms with van der Waals surface area (Å²) in [4.78, 5) is 44.3. The molecule has 3 aromatic rings. The summed E-state index contributed by atoms with van der Waals surface area (Å²) < 4.78 is 36.4. The monoisotopic (exact) mass is 637 g/mol. The lowest BCUT2D eigenvalue weighted by Gasteiger charge is -2.32. The number of hydrogen-bond acceptors (Lipinski definition) is 9. The number of nitrogens with zero attached hydrogens (tertiary/aromatic N) is 3. The molecule has 14 heteroatoms. The molecule has 1 saturated heterocycles. The number of rotatable bonds is 7. The average molecular weight is 638 g/mol. The first-order valence-corrected chi connectivity index (χ1v) is 15.3.